The first-order chi connectivity index (χ1) is 12.3. The largest absolute Gasteiger partial charge is 0.325 e. The van der Waals surface area contributed by atoms with E-state index in [2.05, 4.69) is 17.3 Å². The van der Waals surface area contributed by atoms with Gasteiger partial charge in [-0.3, -0.25) is 0 Å². The molecule has 0 radical (unpaired) electrons. The van der Waals surface area contributed by atoms with E-state index in [1.165, 1.54) is 0 Å². The second-order valence-electron chi connectivity index (χ2n) is 5.84. The van der Waals surface area contributed by atoms with Crippen LogP contribution in [0.1, 0.15) is 13.3 Å². The Bertz CT molecular complexity index is 991. The van der Waals surface area contributed by atoms with Crippen molar-refractivity contribution in [3.05, 3.63) is 66.9 Å². The number of hydrogen-bond acceptors (Lipinski definition) is 4. The molecule has 0 aliphatic rings. The first-order valence-corrected chi connectivity index (χ1v) is 8.46. The van der Waals surface area contributed by atoms with Gasteiger partial charge in [0.1, 0.15) is 11.6 Å². The third-order valence-electron chi connectivity index (χ3n) is 4.03. The summed E-state index contributed by atoms with van der Waals surface area (Å²) in [5.41, 5.74) is 1.92. The van der Waals surface area contributed by atoms with Gasteiger partial charge in [-0.15, -0.1) is 0 Å². The fourth-order valence-corrected chi connectivity index (χ4v) is 2.84. The number of nitrogens with zero attached hydrogens (tertiary/aromatic N) is 4. The van der Waals surface area contributed by atoms with Crippen LogP contribution in [-0.4, -0.2) is 19.7 Å². The number of aromatic nitrogens is 4. The van der Waals surface area contributed by atoms with Crippen molar-refractivity contribution in [1.82, 2.24) is 19.7 Å². The first-order valence-electron chi connectivity index (χ1n) is 8.46. The molecule has 2 aromatic carbocycles. The molecule has 0 atom stereocenters. The van der Waals surface area contributed by atoms with Crippen LogP contribution in [0.2, 0.25) is 0 Å². The van der Waals surface area contributed by atoms with Crippen molar-refractivity contribution >= 4 is 22.5 Å². The number of aryl methyl sites for hydroxylation is 1. The quantitative estimate of drug-likeness (QED) is 0.579. The lowest BCUT2D eigenvalue weighted by molar-refractivity contribution is 0.610. The fraction of sp³-hybridized carbons (Fsp3) is 0.150. The molecule has 124 valence electrons. The van der Waals surface area contributed by atoms with Gasteiger partial charge in [-0.25, -0.2) is 14.6 Å². The highest BCUT2D eigenvalue weighted by atomic mass is 15.3. The van der Waals surface area contributed by atoms with E-state index in [0.717, 1.165) is 41.1 Å². The maximum atomic E-state index is 4.78. The molecule has 0 spiro atoms. The average Bonchev–Trinajstić information content (AvgIpc) is 3.09. The molecule has 2 heterocycles. The SMILES string of the molecule is CCCn1nccc1Nc1nc(-c2ccccc2)nc2ccccc12. The van der Waals surface area contributed by atoms with Crippen molar-refractivity contribution < 1.29 is 0 Å². The molecule has 2 aromatic heterocycles. The van der Waals surface area contributed by atoms with E-state index in [9.17, 15) is 0 Å². The third kappa shape index (κ3) is 3.08. The molecular formula is C20H19N5. The number of para-hydroxylation sites is 1. The normalized spacial score (nSPS) is 10.9. The van der Waals surface area contributed by atoms with Gasteiger partial charge in [-0.05, 0) is 18.6 Å². The molecule has 5 heteroatoms. The van der Waals surface area contributed by atoms with Crippen LogP contribution >= 0.6 is 0 Å². The van der Waals surface area contributed by atoms with Crippen LogP contribution in [0.4, 0.5) is 11.6 Å². The number of rotatable bonds is 5. The molecule has 0 saturated heterocycles. The second kappa shape index (κ2) is 6.73. The molecule has 0 saturated carbocycles. The standard InChI is InChI=1S/C20H19N5/c1-2-14-25-18(12-13-21-25)23-20-16-10-6-7-11-17(16)22-19(24-20)15-8-4-3-5-9-15/h3-13H,2,14H2,1H3,(H,22,23,24). The molecule has 0 amide bonds. The van der Waals surface area contributed by atoms with Crippen LogP contribution in [0.3, 0.4) is 0 Å². The minimum Gasteiger partial charge on any atom is -0.325 e. The second-order valence-corrected chi connectivity index (χ2v) is 5.84. The van der Waals surface area contributed by atoms with E-state index in [1.807, 2.05) is 65.3 Å². The molecule has 0 aliphatic heterocycles. The molecule has 4 rings (SSSR count). The van der Waals surface area contributed by atoms with Crippen LogP contribution < -0.4 is 5.32 Å². The molecule has 0 bridgehead atoms. The Labute approximate surface area is 146 Å². The summed E-state index contributed by atoms with van der Waals surface area (Å²) in [5, 5.41) is 8.81. The van der Waals surface area contributed by atoms with E-state index in [0.29, 0.717) is 5.82 Å². The Morgan fingerprint density at radius 1 is 0.920 bits per heavy atom. The summed E-state index contributed by atoms with van der Waals surface area (Å²) in [6.45, 7) is 3.00. The number of benzene rings is 2. The lowest BCUT2D eigenvalue weighted by atomic mass is 10.2. The van der Waals surface area contributed by atoms with E-state index in [4.69, 9.17) is 9.97 Å². The average molecular weight is 329 g/mol. The van der Waals surface area contributed by atoms with Gasteiger partial charge in [0.05, 0.1) is 11.7 Å². The van der Waals surface area contributed by atoms with Gasteiger partial charge < -0.3 is 5.32 Å². The molecule has 0 fully saturated rings. The Hall–Kier alpha value is -3.21. The topological polar surface area (TPSA) is 55.6 Å². The zero-order valence-corrected chi connectivity index (χ0v) is 14.1. The van der Waals surface area contributed by atoms with Crippen molar-refractivity contribution in [3.8, 4) is 11.4 Å². The zero-order valence-electron chi connectivity index (χ0n) is 14.1. The molecule has 5 nitrogen and oxygen atoms in total. The van der Waals surface area contributed by atoms with Gasteiger partial charge in [-0.2, -0.15) is 5.10 Å². The summed E-state index contributed by atoms with van der Waals surface area (Å²) in [4.78, 5) is 9.50. The van der Waals surface area contributed by atoms with Gasteiger partial charge in [0.25, 0.3) is 0 Å². The van der Waals surface area contributed by atoms with Crippen molar-refractivity contribution in [2.45, 2.75) is 19.9 Å². The Balaban J connectivity index is 1.83. The van der Waals surface area contributed by atoms with E-state index in [1.54, 1.807) is 6.20 Å². The Morgan fingerprint density at radius 2 is 1.72 bits per heavy atom. The van der Waals surface area contributed by atoms with Crippen LogP contribution in [0.25, 0.3) is 22.3 Å². The molecular weight excluding hydrogens is 310 g/mol. The minimum atomic E-state index is 0.711. The summed E-state index contributed by atoms with van der Waals surface area (Å²) in [6, 6.07) is 20.0. The summed E-state index contributed by atoms with van der Waals surface area (Å²) in [5.74, 6) is 2.44. The van der Waals surface area contributed by atoms with Crippen molar-refractivity contribution in [2.24, 2.45) is 0 Å². The number of fused-ring (bicyclic) bond motifs is 1. The molecule has 0 aliphatic carbocycles. The monoisotopic (exact) mass is 329 g/mol. The highest BCUT2D eigenvalue weighted by Crippen LogP contribution is 2.27. The number of nitrogens with one attached hydrogen (secondary N) is 1. The molecule has 4 aromatic rings. The van der Waals surface area contributed by atoms with Gasteiger partial charge in [0, 0.05) is 23.6 Å². The van der Waals surface area contributed by atoms with Gasteiger partial charge in [-0.1, -0.05) is 49.4 Å². The lowest BCUT2D eigenvalue weighted by Gasteiger charge is -2.12. The lowest BCUT2D eigenvalue weighted by Crippen LogP contribution is -2.06. The van der Waals surface area contributed by atoms with Gasteiger partial charge in [0.2, 0.25) is 0 Å². The fourth-order valence-electron chi connectivity index (χ4n) is 2.84. The minimum absolute atomic E-state index is 0.711. The predicted molar refractivity (Wildman–Crippen MR) is 101 cm³/mol. The predicted octanol–water partition coefficient (Wildman–Crippen LogP) is 4.65. The van der Waals surface area contributed by atoms with Crippen molar-refractivity contribution in [1.29, 1.82) is 0 Å². The van der Waals surface area contributed by atoms with Crippen LogP contribution in [0, 0.1) is 0 Å². The third-order valence-corrected chi connectivity index (χ3v) is 4.03. The maximum absolute atomic E-state index is 4.78. The summed E-state index contributed by atoms with van der Waals surface area (Å²) in [7, 11) is 0. The number of anilines is 2. The van der Waals surface area contributed by atoms with E-state index >= 15 is 0 Å². The molecule has 1 N–H and O–H groups in total. The highest BCUT2D eigenvalue weighted by molar-refractivity contribution is 5.91. The Kier molecular flexibility index (Phi) is 4.12. The summed E-state index contributed by atoms with van der Waals surface area (Å²) in [6.07, 6.45) is 2.83. The van der Waals surface area contributed by atoms with Gasteiger partial charge >= 0.3 is 0 Å². The van der Waals surface area contributed by atoms with E-state index in [-0.39, 0.29) is 0 Å². The van der Waals surface area contributed by atoms with Crippen molar-refractivity contribution in [3.63, 3.8) is 0 Å². The zero-order chi connectivity index (χ0) is 17.1. The smallest absolute Gasteiger partial charge is 0.162 e. The van der Waals surface area contributed by atoms with Crippen LogP contribution in [-0.2, 0) is 6.54 Å². The van der Waals surface area contributed by atoms with E-state index < -0.39 is 0 Å². The first kappa shape index (κ1) is 15.3. The van der Waals surface area contributed by atoms with Crippen molar-refractivity contribution in [2.75, 3.05) is 5.32 Å². The van der Waals surface area contributed by atoms with Crippen LogP contribution in [0.5, 0.6) is 0 Å². The van der Waals surface area contributed by atoms with Crippen LogP contribution in [0.15, 0.2) is 66.9 Å². The molecule has 25 heavy (non-hydrogen) atoms. The summed E-state index contributed by atoms with van der Waals surface area (Å²) < 4.78 is 1.96. The van der Waals surface area contributed by atoms with Gasteiger partial charge in [0.15, 0.2) is 5.82 Å². The highest BCUT2D eigenvalue weighted by Gasteiger charge is 2.11. The number of hydrogen-bond donors (Lipinski definition) is 1. The Morgan fingerprint density at radius 3 is 2.56 bits per heavy atom. The maximum Gasteiger partial charge on any atom is 0.162 e. The summed E-state index contributed by atoms with van der Waals surface area (Å²) >= 11 is 0. The molecule has 0 unspecified atom stereocenters.